The largest absolute Gasteiger partial charge is 0.506 e. The number of aryl methyl sites for hydroxylation is 3. The summed E-state index contributed by atoms with van der Waals surface area (Å²) in [6.45, 7) is 1.56. The number of benzene rings is 1. The highest BCUT2D eigenvalue weighted by Gasteiger charge is 2.21. The lowest BCUT2D eigenvalue weighted by Crippen LogP contribution is -2.18. The van der Waals surface area contributed by atoms with Gasteiger partial charge in [-0.1, -0.05) is 35.5 Å². The zero-order valence-electron chi connectivity index (χ0n) is 16.4. The van der Waals surface area contributed by atoms with Crippen molar-refractivity contribution in [2.75, 3.05) is 11.6 Å². The van der Waals surface area contributed by atoms with E-state index in [1.807, 2.05) is 36.6 Å². The molecule has 2 aromatic heterocycles. The van der Waals surface area contributed by atoms with Crippen LogP contribution in [0, 0.1) is 18.3 Å². The normalized spacial score (nSPS) is 11.5. The van der Waals surface area contributed by atoms with Gasteiger partial charge in [-0.25, -0.2) is 9.97 Å². The lowest BCUT2D eigenvalue weighted by Gasteiger charge is -2.10. The monoisotopic (exact) mass is 421 g/mol. The number of anilines is 1. The van der Waals surface area contributed by atoms with Crippen molar-refractivity contribution in [1.82, 2.24) is 15.1 Å². The van der Waals surface area contributed by atoms with Gasteiger partial charge in [0.15, 0.2) is 11.3 Å². The minimum absolute atomic E-state index is 0.0588. The highest BCUT2D eigenvalue weighted by Crippen LogP contribution is 2.22. The Morgan fingerprint density at radius 3 is 2.67 bits per heavy atom. The Hall–Kier alpha value is -3.64. The summed E-state index contributed by atoms with van der Waals surface area (Å²) in [5.41, 5.74) is 1.66. The molecule has 2 N–H and O–H groups in total. The first kappa shape index (κ1) is 21.1. The van der Waals surface area contributed by atoms with Gasteiger partial charge >= 0.3 is 0 Å². The number of aromatic nitrogens is 3. The van der Waals surface area contributed by atoms with E-state index in [4.69, 9.17) is 4.52 Å². The number of hydrogen-bond acceptors (Lipinski definition) is 8. The first-order valence-electron chi connectivity index (χ1n) is 9.03. The van der Waals surface area contributed by atoms with E-state index in [1.165, 1.54) is 23.5 Å². The van der Waals surface area contributed by atoms with Crippen molar-refractivity contribution in [3.63, 3.8) is 0 Å². The molecule has 0 fully saturated rings. The van der Waals surface area contributed by atoms with E-state index in [-0.39, 0.29) is 17.3 Å². The third-order valence-electron chi connectivity index (χ3n) is 4.35. The molecule has 0 spiro atoms. The quantitative estimate of drug-likeness (QED) is 0.256. The zero-order chi connectivity index (χ0) is 21.5. The number of carbonyl (C=O) groups excluding carboxylic acids is 1. The molecule has 1 amide bonds. The van der Waals surface area contributed by atoms with Crippen molar-refractivity contribution in [1.29, 1.82) is 5.26 Å². The van der Waals surface area contributed by atoms with Crippen LogP contribution in [0.4, 0.5) is 5.95 Å². The topological polar surface area (TPSA) is 125 Å². The maximum atomic E-state index is 12.5. The van der Waals surface area contributed by atoms with Gasteiger partial charge in [-0.05, 0) is 31.6 Å². The van der Waals surface area contributed by atoms with Gasteiger partial charge in [0.05, 0.1) is 17.5 Å². The van der Waals surface area contributed by atoms with Crippen molar-refractivity contribution in [2.45, 2.75) is 24.7 Å². The molecule has 2 heterocycles. The number of carbonyl (C=O) groups is 1. The molecule has 8 nitrogen and oxygen atoms in total. The highest BCUT2D eigenvalue weighted by atomic mass is 32.2. The highest BCUT2D eigenvalue weighted by molar-refractivity contribution is 7.98. The Morgan fingerprint density at radius 1 is 1.27 bits per heavy atom. The summed E-state index contributed by atoms with van der Waals surface area (Å²) >= 11 is 1.52. The van der Waals surface area contributed by atoms with Gasteiger partial charge in [-0.2, -0.15) is 5.26 Å². The van der Waals surface area contributed by atoms with Gasteiger partial charge in [0, 0.05) is 11.1 Å². The molecular weight excluding hydrogens is 402 g/mol. The van der Waals surface area contributed by atoms with Crippen LogP contribution in [-0.4, -0.2) is 32.4 Å². The smallest absolute Gasteiger partial charge is 0.272 e. The summed E-state index contributed by atoms with van der Waals surface area (Å²) in [7, 11) is 0. The van der Waals surface area contributed by atoms with Crippen LogP contribution in [0.1, 0.15) is 22.6 Å². The molecule has 152 valence electrons. The molecule has 0 bridgehead atoms. The Morgan fingerprint density at radius 2 is 2.03 bits per heavy atom. The molecule has 0 saturated heterocycles. The molecule has 3 rings (SSSR count). The third kappa shape index (κ3) is 4.85. The van der Waals surface area contributed by atoms with E-state index >= 15 is 0 Å². The summed E-state index contributed by atoms with van der Waals surface area (Å²) in [6, 6.07) is 11.7. The Balaban J connectivity index is 1.81. The fourth-order valence-corrected chi connectivity index (χ4v) is 3.30. The van der Waals surface area contributed by atoms with E-state index in [2.05, 4.69) is 20.4 Å². The number of nitrogens with zero attached hydrogens (tertiary/aromatic N) is 4. The number of nitriles is 1. The van der Waals surface area contributed by atoms with Gasteiger partial charge in [-0.15, -0.1) is 11.8 Å². The number of aliphatic hydroxyl groups is 1. The SMILES string of the molecule is CSc1cnc(NC(=O)/C(C#N)=C(\O)c2cnoc2C)nc1CCc1ccccc1. The average molecular weight is 421 g/mol. The molecule has 0 unspecified atom stereocenters. The molecule has 9 heteroatoms. The summed E-state index contributed by atoms with van der Waals surface area (Å²) in [5, 5.41) is 25.7. The molecule has 0 aliphatic rings. The maximum Gasteiger partial charge on any atom is 0.272 e. The first-order valence-corrected chi connectivity index (χ1v) is 10.3. The van der Waals surface area contributed by atoms with Crippen LogP contribution in [0.3, 0.4) is 0 Å². The van der Waals surface area contributed by atoms with E-state index in [1.54, 1.807) is 19.2 Å². The zero-order valence-corrected chi connectivity index (χ0v) is 17.2. The molecule has 0 radical (unpaired) electrons. The number of amides is 1. The van der Waals surface area contributed by atoms with Crippen LogP contribution in [0.15, 0.2) is 57.7 Å². The number of hydrogen-bond donors (Lipinski definition) is 2. The molecule has 0 aliphatic carbocycles. The van der Waals surface area contributed by atoms with Crippen LogP contribution in [0.2, 0.25) is 0 Å². The van der Waals surface area contributed by atoms with E-state index in [0.29, 0.717) is 6.42 Å². The number of thioether (sulfide) groups is 1. The van der Waals surface area contributed by atoms with Crippen molar-refractivity contribution >= 4 is 29.4 Å². The fourth-order valence-electron chi connectivity index (χ4n) is 2.76. The summed E-state index contributed by atoms with van der Waals surface area (Å²) < 4.78 is 4.87. The molecule has 1 aromatic carbocycles. The fraction of sp³-hybridized carbons (Fsp3) is 0.190. The van der Waals surface area contributed by atoms with Crippen LogP contribution < -0.4 is 5.32 Å². The lowest BCUT2D eigenvalue weighted by molar-refractivity contribution is -0.112. The summed E-state index contributed by atoms with van der Waals surface area (Å²) in [6.07, 6.45) is 6.25. The predicted molar refractivity (Wildman–Crippen MR) is 113 cm³/mol. The van der Waals surface area contributed by atoms with Gasteiger partial charge in [0.1, 0.15) is 11.8 Å². The van der Waals surface area contributed by atoms with Crippen molar-refractivity contribution < 1.29 is 14.4 Å². The van der Waals surface area contributed by atoms with Crippen molar-refractivity contribution in [3.05, 3.63) is 70.9 Å². The maximum absolute atomic E-state index is 12.5. The van der Waals surface area contributed by atoms with Crippen LogP contribution in [0.25, 0.3) is 5.76 Å². The van der Waals surface area contributed by atoms with Gasteiger partial charge in [0.25, 0.3) is 5.91 Å². The molecule has 0 aliphatic heterocycles. The predicted octanol–water partition coefficient (Wildman–Crippen LogP) is 3.71. The second-order valence-corrected chi connectivity index (χ2v) is 7.13. The second kappa shape index (κ2) is 9.71. The van der Waals surface area contributed by atoms with E-state index < -0.39 is 17.2 Å². The third-order valence-corrected chi connectivity index (χ3v) is 5.13. The minimum atomic E-state index is -0.818. The Bertz CT molecular complexity index is 1120. The van der Waals surface area contributed by atoms with Crippen LogP contribution >= 0.6 is 11.8 Å². The summed E-state index contributed by atoms with van der Waals surface area (Å²) in [4.78, 5) is 22.1. The molecule has 3 aromatic rings. The molecular formula is C21H19N5O3S. The van der Waals surface area contributed by atoms with Crippen molar-refractivity contribution in [3.8, 4) is 6.07 Å². The minimum Gasteiger partial charge on any atom is -0.506 e. The van der Waals surface area contributed by atoms with Gasteiger partial charge in [0.2, 0.25) is 5.95 Å². The van der Waals surface area contributed by atoms with E-state index in [0.717, 1.165) is 17.0 Å². The van der Waals surface area contributed by atoms with Crippen molar-refractivity contribution in [2.24, 2.45) is 0 Å². The molecule has 0 saturated carbocycles. The van der Waals surface area contributed by atoms with Gasteiger partial charge < -0.3 is 9.63 Å². The van der Waals surface area contributed by atoms with Crippen LogP contribution in [0.5, 0.6) is 0 Å². The Labute approximate surface area is 177 Å². The Kier molecular flexibility index (Phi) is 6.83. The first-order chi connectivity index (χ1) is 14.5. The second-order valence-electron chi connectivity index (χ2n) is 6.28. The summed E-state index contributed by atoms with van der Waals surface area (Å²) in [5.74, 6) is -0.986. The standard InChI is InChI=1S/C21H19N5O3S/c1-13-16(11-24-29-13)19(27)15(10-22)20(28)26-21-23-12-18(30-2)17(25-21)9-8-14-6-4-3-5-7-14/h3-7,11-12,27H,8-9H2,1-2H3,(H,23,25,26,28)/b19-15-. The average Bonchev–Trinajstić information content (AvgIpc) is 3.19. The molecule has 0 atom stereocenters. The lowest BCUT2D eigenvalue weighted by atomic mass is 10.1. The van der Waals surface area contributed by atoms with Crippen LogP contribution in [-0.2, 0) is 17.6 Å². The number of aliphatic hydroxyl groups excluding tert-OH is 1. The van der Waals surface area contributed by atoms with Gasteiger partial charge in [-0.3, -0.25) is 10.1 Å². The number of rotatable bonds is 7. The van der Waals surface area contributed by atoms with E-state index in [9.17, 15) is 15.2 Å². The molecule has 30 heavy (non-hydrogen) atoms. The number of nitrogens with one attached hydrogen (secondary N) is 1.